The van der Waals surface area contributed by atoms with Crippen molar-refractivity contribution < 1.29 is 9.53 Å². The first kappa shape index (κ1) is 17.8. The van der Waals surface area contributed by atoms with Crippen molar-refractivity contribution in [2.45, 2.75) is 6.54 Å². The van der Waals surface area contributed by atoms with Gasteiger partial charge in [-0.3, -0.25) is 0 Å². The third kappa shape index (κ3) is 3.96. The van der Waals surface area contributed by atoms with Crippen molar-refractivity contribution in [1.29, 1.82) is 5.26 Å². The molecule has 0 aliphatic rings. The predicted molar refractivity (Wildman–Crippen MR) is 103 cm³/mol. The third-order valence-corrected chi connectivity index (χ3v) is 4.12. The van der Waals surface area contributed by atoms with Crippen LogP contribution in [-0.4, -0.2) is 23.0 Å². The second-order valence-corrected chi connectivity index (χ2v) is 6.09. The van der Waals surface area contributed by atoms with Crippen molar-refractivity contribution in [3.05, 3.63) is 77.5 Å². The fraction of sp³-hybridized carbons (Fsp3) is 0.143. The van der Waals surface area contributed by atoms with Crippen molar-refractivity contribution >= 4 is 34.5 Å². The standard InChI is InChI=1S/C21H17ClN2O2/c22-10-11-26-21(25)17(13-23)12-18-15-24(14-16-6-2-1-3-7-16)20-9-5-4-8-19(18)20/h1-9,12,15H,10-11,14H2. The van der Waals surface area contributed by atoms with E-state index in [-0.39, 0.29) is 18.1 Å². The van der Waals surface area contributed by atoms with Gasteiger partial charge in [0.25, 0.3) is 0 Å². The Kier molecular flexibility index (Phi) is 5.73. The Balaban J connectivity index is 2.00. The highest BCUT2D eigenvalue weighted by atomic mass is 35.5. The lowest BCUT2D eigenvalue weighted by Gasteiger charge is -2.05. The van der Waals surface area contributed by atoms with Crippen molar-refractivity contribution in [2.24, 2.45) is 0 Å². The summed E-state index contributed by atoms with van der Waals surface area (Å²) in [7, 11) is 0. The molecule has 2 aromatic carbocycles. The molecule has 0 fully saturated rings. The van der Waals surface area contributed by atoms with Crippen molar-refractivity contribution in [3.63, 3.8) is 0 Å². The molecule has 4 nitrogen and oxygen atoms in total. The first-order chi connectivity index (χ1) is 12.7. The normalized spacial score (nSPS) is 11.3. The Bertz CT molecular complexity index is 984. The molecule has 0 aliphatic heterocycles. The van der Waals surface area contributed by atoms with Gasteiger partial charge in [-0.2, -0.15) is 5.26 Å². The second kappa shape index (κ2) is 8.37. The number of hydrogen-bond acceptors (Lipinski definition) is 3. The maximum atomic E-state index is 12.0. The molecule has 0 N–H and O–H groups in total. The Morgan fingerprint density at radius 1 is 1.15 bits per heavy atom. The molecule has 130 valence electrons. The van der Waals surface area contributed by atoms with Gasteiger partial charge in [-0.15, -0.1) is 11.6 Å². The highest BCUT2D eigenvalue weighted by Crippen LogP contribution is 2.24. The number of fused-ring (bicyclic) bond motifs is 1. The minimum atomic E-state index is -0.659. The molecule has 0 unspecified atom stereocenters. The zero-order valence-corrected chi connectivity index (χ0v) is 14.8. The quantitative estimate of drug-likeness (QED) is 0.282. The van der Waals surface area contributed by atoms with Crippen LogP contribution in [0.4, 0.5) is 0 Å². The van der Waals surface area contributed by atoms with Gasteiger partial charge in [0.2, 0.25) is 0 Å². The smallest absolute Gasteiger partial charge is 0.348 e. The number of ether oxygens (including phenoxy) is 1. The van der Waals surface area contributed by atoms with Crippen LogP contribution in [-0.2, 0) is 16.1 Å². The van der Waals surface area contributed by atoms with Gasteiger partial charge in [0.1, 0.15) is 18.2 Å². The number of nitrogens with zero attached hydrogens (tertiary/aromatic N) is 2. The molecule has 0 aliphatic carbocycles. The summed E-state index contributed by atoms with van der Waals surface area (Å²) in [6.07, 6.45) is 3.52. The van der Waals surface area contributed by atoms with Crippen LogP contribution in [0.25, 0.3) is 17.0 Å². The van der Waals surface area contributed by atoms with Gasteiger partial charge in [-0.1, -0.05) is 48.5 Å². The van der Waals surface area contributed by atoms with Crippen molar-refractivity contribution in [3.8, 4) is 6.07 Å². The van der Waals surface area contributed by atoms with E-state index in [1.165, 1.54) is 5.56 Å². The van der Waals surface area contributed by atoms with Gasteiger partial charge in [0.15, 0.2) is 0 Å². The SMILES string of the molecule is N#CC(=Cc1cn(Cc2ccccc2)c2ccccc12)C(=O)OCCCl. The lowest BCUT2D eigenvalue weighted by molar-refractivity contribution is -0.137. The summed E-state index contributed by atoms with van der Waals surface area (Å²) >= 11 is 5.53. The van der Waals surface area contributed by atoms with Gasteiger partial charge < -0.3 is 9.30 Å². The minimum Gasteiger partial charge on any atom is -0.460 e. The summed E-state index contributed by atoms with van der Waals surface area (Å²) in [5.41, 5.74) is 2.97. The second-order valence-electron chi connectivity index (χ2n) is 5.71. The molecule has 1 aromatic heterocycles. The average molecular weight is 365 g/mol. The molecule has 5 heteroatoms. The fourth-order valence-electron chi connectivity index (χ4n) is 2.80. The van der Waals surface area contributed by atoms with Crippen LogP contribution in [0.3, 0.4) is 0 Å². The summed E-state index contributed by atoms with van der Waals surface area (Å²) in [6, 6.07) is 19.9. The van der Waals surface area contributed by atoms with E-state index in [0.717, 1.165) is 16.5 Å². The van der Waals surface area contributed by atoms with Gasteiger partial charge in [-0.25, -0.2) is 4.79 Å². The summed E-state index contributed by atoms with van der Waals surface area (Å²) in [4.78, 5) is 12.0. The summed E-state index contributed by atoms with van der Waals surface area (Å²) in [5, 5.41) is 10.3. The van der Waals surface area contributed by atoms with Crippen LogP contribution in [0.2, 0.25) is 0 Å². The molecule has 0 atom stereocenters. The Labute approximate surface area is 156 Å². The number of nitriles is 1. The third-order valence-electron chi connectivity index (χ3n) is 3.97. The molecule has 0 radical (unpaired) electrons. The number of alkyl halides is 1. The molecular weight excluding hydrogens is 348 g/mol. The van der Waals surface area contributed by atoms with E-state index in [1.807, 2.05) is 54.7 Å². The maximum absolute atomic E-state index is 12.0. The number of para-hydroxylation sites is 1. The van der Waals surface area contributed by atoms with E-state index in [2.05, 4.69) is 16.7 Å². The molecule has 3 aromatic rings. The molecule has 0 spiro atoms. The van der Waals surface area contributed by atoms with E-state index >= 15 is 0 Å². The number of benzene rings is 2. The van der Waals surface area contributed by atoms with Crippen LogP contribution in [0.15, 0.2) is 66.4 Å². The summed E-state index contributed by atoms with van der Waals surface area (Å²) in [5.74, 6) is -0.464. The molecule has 26 heavy (non-hydrogen) atoms. The topological polar surface area (TPSA) is 55.0 Å². The van der Waals surface area contributed by atoms with E-state index in [4.69, 9.17) is 16.3 Å². The summed E-state index contributed by atoms with van der Waals surface area (Å²) < 4.78 is 7.07. The number of esters is 1. The zero-order valence-electron chi connectivity index (χ0n) is 14.1. The van der Waals surface area contributed by atoms with E-state index < -0.39 is 5.97 Å². The monoisotopic (exact) mass is 364 g/mol. The molecule has 0 saturated heterocycles. The maximum Gasteiger partial charge on any atom is 0.348 e. The van der Waals surface area contributed by atoms with Crippen LogP contribution in [0, 0.1) is 11.3 Å². The molecule has 1 heterocycles. The number of aromatic nitrogens is 1. The van der Waals surface area contributed by atoms with Crippen molar-refractivity contribution in [1.82, 2.24) is 4.57 Å². The molecule has 0 bridgehead atoms. The summed E-state index contributed by atoms with van der Waals surface area (Å²) in [6.45, 7) is 0.781. The molecule has 0 saturated carbocycles. The van der Waals surface area contributed by atoms with Crippen LogP contribution < -0.4 is 0 Å². The molecule has 3 rings (SSSR count). The lowest BCUT2D eigenvalue weighted by Crippen LogP contribution is -2.08. The van der Waals surface area contributed by atoms with Crippen LogP contribution in [0.1, 0.15) is 11.1 Å². The number of carbonyl (C=O) groups is 1. The van der Waals surface area contributed by atoms with Crippen LogP contribution in [0.5, 0.6) is 0 Å². The Hall–Kier alpha value is -3.03. The first-order valence-electron chi connectivity index (χ1n) is 8.19. The molecular formula is C21H17ClN2O2. The average Bonchev–Trinajstić information content (AvgIpc) is 3.02. The zero-order chi connectivity index (χ0) is 18.4. The predicted octanol–water partition coefficient (Wildman–Crippen LogP) is 4.38. The number of halogens is 1. The number of rotatable bonds is 6. The Morgan fingerprint density at radius 2 is 1.88 bits per heavy atom. The van der Waals surface area contributed by atoms with Gasteiger partial charge >= 0.3 is 5.97 Å². The highest BCUT2D eigenvalue weighted by Gasteiger charge is 2.13. The van der Waals surface area contributed by atoms with Gasteiger partial charge in [0.05, 0.1) is 5.88 Å². The number of hydrogen-bond donors (Lipinski definition) is 0. The van der Waals surface area contributed by atoms with Crippen molar-refractivity contribution in [2.75, 3.05) is 12.5 Å². The number of carbonyl (C=O) groups excluding carboxylic acids is 1. The van der Waals surface area contributed by atoms with E-state index in [9.17, 15) is 10.1 Å². The lowest BCUT2D eigenvalue weighted by atomic mass is 10.1. The van der Waals surface area contributed by atoms with Gasteiger partial charge in [-0.05, 0) is 17.7 Å². The largest absolute Gasteiger partial charge is 0.460 e. The molecule has 0 amide bonds. The fourth-order valence-corrected chi connectivity index (χ4v) is 2.88. The minimum absolute atomic E-state index is 0.0438. The van der Waals surface area contributed by atoms with E-state index in [0.29, 0.717) is 6.54 Å². The van der Waals surface area contributed by atoms with Gasteiger partial charge in [0, 0.05) is 29.2 Å². The van der Waals surface area contributed by atoms with E-state index in [1.54, 1.807) is 6.08 Å². The highest BCUT2D eigenvalue weighted by molar-refractivity contribution is 6.18. The Morgan fingerprint density at radius 3 is 2.62 bits per heavy atom. The first-order valence-corrected chi connectivity index (χ1v) is 8.73. The van der Waals surface area contributed by atoms with Crippen LogP contribution >= 0.6 is 11.6 Å².